The molecule has 0 bridgehead atoms. The maximum atomic E-state index is 7.18. The van der Waals surface area contributed by atoms with Crippen LogP contribution < -0.4 is 0 Å². The molecule has 3 aromatic carbocycles. The van der Waals surface area contributed by atoms with Crippen molar-refractivity contribution in [2.24, 2.45) is 0 Å². The van der Waals surface area contributed by atoms with Crippen molar-refractivity contribution in [1.29, 1.82) is 0 Å². The summed E-state index contributed by atoms with van der Waals surface area (Å²) >= 11 is 0. The molecule has 3 aliphatic rings. The van der Waals surface area contributed by atoms with E-state index in [1.807, 2.05) is 82.3 Å². The smallest absolute Gasteiger partial charge is 0.189 e. The predicted molar refractivity (Wildman–Crippen MR) is 138 cm³/mol. The van der Waals surface area contributed by atoms with Gasteiger partial charge in [-0.25, -0.2) is 0 Å². The molecule has 3 heterocycles. The number of hydrogen-bond donors (Lipinski definition) is 0. The first-order valence-corrected chi connectivity index (χ1v) is 12.9. The fourth-order valence-corrected chi connectivity index (χ4v) is 5.76. The Morgan fingerprint density at radius 2 is 1.11 bits per heavy atom. The number of hydrogen-bond acceptors (Lipinski definition) is 6. The van der Waals surface area contributed by atoms with Crippen molar-refractivity contribution < 1.29 is 28.4 Å². The molecule has 0 N–H and O–H groups in total. The maximum absolute atomic E-state index is 7.18. The fourth-order valence-electron chi connectivity index (χ4n) is 5.76. The highest BCUT2D eigenvalue weighted by molar-refractivity contribution is 5.47. The van der Waals surface area contributed by atoms with Gasteiger partial charge >= 0.3 is 0 Å². The lowest BCUT2D eigenvalue weighted by Crippen LogP contribution is -2.42. The van der Waals surface area contributed by atoms with E-state index in [0.29, 0.717) is 6.61 Å². The first-order valence-electron chi connectivity index (χ1n) is 12.9. The van der Waals surface area contributed by atoms with Gasteiger partial charge in [0.15, 0.2) is 17.9 Å². The summed E-state index contributed by atoms with van der Waals surface area (Å²) in [4.78, 5) is 0. The van der Waals surface area contributed by atoms with E-state index < -0.39 is 35.7 Å². The van der Waals surface area contributed by atoms with Gasteiger partial charge in [-0.15, -0.1) is 0 Å². The Hall–Kier alpha value is -2.58. The largest absolute Gasteiger partial charge is 0.348 e. The molecular formula is C31H34O6. The molecule has 0 saturated carbocycles. The molecule has 3 aromatic rings. The average Bonchev–Trinajstić information content (AvgIpc) is 3.53. The molecular weight excluding hydrogens is 468 g/mol. The quantitative estimate of drug-likeness (QED) is 0.421. The normalized spacial score (nSPS) is 30.3. The average molecular weight is 503 g/mol. The summed E-state index contributed by atoms with van der Waals surface area (Å²) in [6.07, 6.45) is -2.22. The fraction of sp³-hybridized carbons (Fsp3) is 0.419. The Morgan fingerprint density at radius 1 is 0.622 bits per heavy atom. The topological polar surface area (TPSA) is 55.4 Å². The monoisotopic (exact) mass is 502 g/mol. The summed E-state index contributed by atoms with van der Waals surface area (Å²) in [5.41, 5.74) is 2.04. The summed E-state index contributed by atoms with van der Waals surface area (Å²) in [6, 6.07) is 30.8. The predicted octanol–water partition coefficient (Wildman–Crippen LogP) is 5.39. The van der Waals surface area contributed by atoms with Crippen molar-refractivity contribution in [3.05, 3.63) is 108 Å². The van der Waals surface area contributed by atoms with Gasteiger partial charge in [-0.05, 0) is 44.4 Å². The molecule has 6 heteroatoms. The Labute approximate surface area is 218 Å². The van der Waals surface area contributed by atoms with E-state index in [-0.39, 0.29) is 12.2 Å². The standard InChI is InChI=1S/C31H34O6/c1-29(2)32-20-24(34-29)25-26-27(36-30(3,4)35-26)28(33-25)37-31(21-14-8-5-9-15-21,22-16-10-6-11-17-22)23-18-12-7-13-19-23/h5-19,24-28H,20H2,1-4H3/t24?,25-,26+,27+,28?/m1/s1. The molecule has 0 spiro atoms. The van der Waals surface area contributed by atoms with Gasteiger partial charge in [-0.3, -0.25) is 0 Å². The van der Waals surface area contributed by atoms with Crippen molar-refractivity contribution in [3.63, 3.8) is 0 Å². The highest BCUT2D eigenvalue weighted by atomic mass is 16.8. The third-order valence-corrected chi connectivity index (χ3v) is 7.28. The number of ether oxygens (including phenoxy) is 6. The zero-order valence-electron chi connectivity index (χ0n) is 21.7. The first-order chi connectivity index (χ1) is 17.8. The first kappa shape index (κ1) is 24.7. The third-order valence-electron chi connectivity index (χ3n) is 7.28. The molecule has 6 nitrogen and oxygen atoms in total. The summed E-state index contributed by atoms with van der Waals surface area (Å²) in [5, 5.41) is 0. The summed E-state index contributed by atoms with van der Waals surface area (Å²) in [5.74, 6) is -1.46. The SMILES string of the molecule is CC1(C)OCC([C@H]2OC(OC(c3ccccc3)(c3ccccc3)c3ccccc3)[C@H]3OC(C)(C)O[C@@H]23)O1. The minimum Gasteiger partial charge on any atom is -0.348 e. The van der Waals surface area contributed by atoms with Gasteiger partial charge in [0.1, 0.15) is 30.0 Å². The van der Waals surface area contributed by atoms with E-state index in [1.54, 1.807) is 0 Å². The van der Waals surface area contributed by atoms with Crippen LogP contribution in [-0.4, -0.2) is 48.9 Å². The lowest BCUT2D eigenvalue weighted by molar-refractivity contribution is -0.265. The lowest BCUT2D eigenvalue weighted by atomic mass is 9.80. The van der Waals surface area contributed by atoms with Crippen LogP contribution in [-0.2, 0) is 34.0 Å². The number of fused-ring (bicyclic) bond motifs is 1. The highest BCUT2D eigenvalue weighted by Gasteiger charge is 2.61. The minimum absolute atomic E-state index is 0.298. The summed E-state index contributed by atoms with van der Waals surface area (Å²) < 4.78 is 38.7. The molecule has 6 rings (SSSR count). The highest BCUT2D eigenvalue weighted by Crippen LogP contribution is 2.48. The van der Waals surface area contributed by atoms with Gasteiger partial charge in [0.05, 0.1) is 6.61 Å². The molecule has 194 valence electrons. The van der Waals surface area contributed by atoms with Gasteiger partial charge in [0, 0.05) is 0 Å². The molecule has 0 aromatic heterocycles. The zero-order chi connectivity index (χ0) is 25.7. The minimum atomic E-state index is -0.948. The van der Waals surface area contributed by atoms with Crippen LogP contribution in [0.25, 0.3) is 0 Å². The summed E-state index contributed by atoms with van der Waals surface area (Å²) in [7, 11) is 0. The van der Waals surface area contributed by atoms with Gasteiger partial charge in [0.2, 0.25) is 0 Å². The van der Waals surface area contributed by atoms with Crippen LogP contribution >= 0.6 is 0 Å². The second-order valence-electron chi connectivity index (χ2n) is 10.8. The second-order valence-corrected chi connectivity index (χ2v) is 10.8. The number of rotatable bonds is 6. The Kier molecular flexibility index (Phi) is 6.23. The van der Waals surface area contributed by atoms with E-state index >= 15 is 0 Å². The molecule has 0 amide bonds. The van der Waals surface area contributed by atoms with Crippen molar-refractivity contribution >= 4 is 0 Å². The Balaban J connectivity index is 1.45. The molecule has 2 unspecified atom stereocenters. The maximum Gasteiger partial charge on any atom is 0.189 e. The Morgan fingerprint density at radius 3 is 1.57 bits per heavy atom. The Bertz CT molecular complexity index is 1100. The number of benzene rings is 3. The van der Waals surface area contributed by atoms with Crippen LogP contribution in [0.2, 0.25) is 0 Å². The zero-order valence-corrected chi connectivity index (χ0v) is 21.7. The summed E-state index contributed by atoms with van der Waals surface area (Å²) in [6.45, 7) is 8.09. The molecule has 5 atom stereocenters. The van der Waals surface area contributed by atoms with Crippen molar-refractivity contribution in [3.8, 4) is 0 Å². The van der Waals surface area contributed by atoms with Crippen LogP contribution in [0.15, 0.2) is 91.0 Å². The second kappa shape index (κ2) is 9.31. The van der Waals surface area contributed by atoms with Gasteiger partial charge in [0.25, 0.3) is 0 Å². The van der Waals surface area contributed by atoms with Crippen molar-refractivity contribution in [2.45, 2.75) is 75.6 Å². The molecule has 0 radical (unpaired) electrons. The van der Waals surface area contributed by atoms with Crippen LogP contribution in [0.3, 0.4) is 0 Å². The van der Waals surface area contributed by atoms with Crippen molar-refractivity contribution in [1.82, 2.24) is 0 Å². The van der Waals surface area contributed by atoms with E-state index in [0.717, 1.165) is 16.7 Å². The van der Waals surface area contributed by atoms with Crippen LogP contribution in [0.5, 0.6) is 0 Å². The van der Waals surface area contributed by atoms with E-state index in [9.17, 15) is 0 Å². The van der Waals surface area contributed by atoms with Crippen LogP contribution in [0, 0.1) is 0 Å². The molecule has 3 aliphatic heterocycles. The van der Waals surface area contributed by atoms with E-state index in [2.05, 4.69) is 36.4 Å². The van der Waals surface area contributed by atoms with Gasteiger partial charge < -0.3 is 28.4 Å². The van der Waals surface area contributed by atoms with Crippen molar-refractivity contribution in [2.75, 3.05) is 6.61 Å². The third kappa shape index (κ3) is 4.52. The van der Waals surface area contributed by atoms with E-state index in [1.165, 1.54) is 0 Å². The molecule has 0 aliphatic carbocycles. The van der Waals surface area contributed by atoms with Crippen LogP contribution in [0.1, 0.15) is 44.4 Å². The molecule has 3 saturated heterocycles. The van der Waals surface area contributed by atoms with Crippen LogP contribution in [0.4, 0.5) is 0 Å². The van der Waals surface area contributed by atoms with Gasteiger partial charge in [-0.1, -0.05) is 91.0 Å². The van der Waals surface area contributed by atoms with E-state index in [4.69, 9.17) is 28.4 Å². The molecule has 3 fully saturated rings. The lowest BCUT2D eigenvalue weighted by Gasteiger charge is -2.39. The molecule has 37 heavy (non-hydrogen) atoms. The van der Waals surface area contributed by atoms with Gasteiger partial charge in [-0.2, -0.15) is 0 Å².